The topological polar surface area (TPSA) is 39.2 Å². The van der Waals surface area contributed by atoms with Gasteiger partial charge in [-0.2, -0.15) is 5.10 Å². The van der Waals surface area contributed by atoms with Crippen molar-refractivity contribution in [1.29, 1.82) is 0 Å². The van der Waals surface area contributed by atoms with Crippen molar-refractivity contribution in [2.24, 2.45) is 18.4 Å². The van der Waals surface area contributed by atoms with Crippen LogP contribution < -0.4 is 0 Å². The van der Waals surface area contributed by atoms with Gasteiger partial charge in [-0.25, -0.2) is 4.85 Å². The van der Waals surface area contributed by atoms with Gasteiger partial charge in [0.1, 0.15) is 0 Å². The fourth-order valence-electron chi connectivity index (χ4n) is 5.34. The zero-order chi connectivity index (χ0) is 19.6. The average molecular weight is 359 g/mol. The molecule has 2 aromatic rings. The first kappa shape index (κ1) is 17.7. The van der Waals surface area contributed by atoms with E-state index in [-0.39, 0.29) is 17.4 Å². The van der Waals surface area contributed by atoms with Gasteiger partial charge in [-0.3, -0.25) is 4.68 Å². The number of benzene rings is 1. The number of hydrogen-bond donors (Lipinski definition) is 0. The highest BCUT2D eigenvalue weighted by atomic mass is 16.1. The molecular formula is C23H25N3O. The largest absolute Gasteiger partial charge is 0.307 e. The molecule has 0 bridgehead atoms. The molecule has 4 rings (SSSR count). The number of aryl methyl sites for hydroxylation is 2. The van der Waals surface area contributed by atoms with Crippen LogP contribution in [0.3, 0.4) is 0 Å². The Hall–Kier alpha value is -2.67. The van der Waals surface area contributed by atoms with Crippen molar-refractivity contribution in [3.63, 3.8) is 0 Å². The third kappa shape index (κ3) is 2.34. The van der Waals surface area contributed by atoms with E-state index >= 15 is 0 Å². The molecule has 0 radical (unpaired) electrons. The van der Waals surface area contributed by atoms with E-state index in [0.717, 1.165) is 24.2 Å². The van der Waals surface area contributed by atoms with E-state index in [9.17, 15) is 4.79 Å². The highest BCUT2D eigenvalue weighted by molar-refractivity contribution is 6.02. The highest BCUT2D eigenvalue weighted by Gasteiger charge is 2.55. The third-order valence-electron chi connectivity index (χ3n) is 6.60. The maximum atomic E-state index is 12.8. The van der Waals surface area contributed by atoms with Crippen LogP contribution in [0.1, 0.15) is 44.0 Å². The number of carbonyl (C=O) groups excluding carboxylic acids is 1. The smallest absolute Gasteiger partial charge is 0.226 e. The summed E-state index contributed by atoms with van der Waals surface area (Å²) in [7, 11) is 1.99. The Bertz CT molecular complexity index is 1030. The molecular weight excluding hydrogens is 334 g/mol. The zero-order valence-electron chi connectivity index (χ0n) is 16.6. The lowest BCUT2D eigenvalue weighted by molar-refractivity contribution is -0.128. The summed E-state index contributed by atoms with van der Waals surface area (Å²) < 4.78 is 1.97. The summed E-state index contributed by atoms with van der Waals surface area (Å²) in [5.74, 6) is 0.119. The molecule has 0 N–H and O–H groups in total. The van der Waals surface area contributed by atoms with Crippen molar-refractivity contribution in [2.45, 2.75) is 46.0 Å². The van der Waals surface area contributed by atoms with Crippen LogP contribution in [0.25, 0.3) is 16.1 Å². The molecule has 4 nitrogen and oxygen atoms in total. The standard InChI is InChI=1S/C23H25N3O/c1-14-8-7-9-15(12-14)19-16-10-11-18-22(2,3)21(27)17(24-5)13-23(18,4)20(16)25-26(19)6/h7-9,12-13,18H,10-11H2,1-4,6H3/t18-,23-/m0/s1. The predicted octanol–water partition coefficient (Wildman–Crippen LogP) is 4.63. The monoisotopic (exact) mass is 359 g/mol. The van der Waals surface area contributed by atoms with Gasteiger partial charge in [0, 0.05) is 29.0 Å². The number of ketones is 1. The number of rotatable bonds is 1. The number of carbonyl (C=O) groups is 1. The Balaban J connectivity index is 1.96. The van der Waals surface area contributed by atoms with Gasteiger partial charge < -0.3 is 4.79 Å². The average Bonchev–Trinajstić information content (AvgIpc) is 2.96. The molecule has 2 atom stereocenters. The van der Waals surface area contributed by atoms with Gasteiger partial charge in [0.25, 0.3) is 0 Å². The predicted molar refractivity (Wildman–Crippen MR) is 106 cm³/mol. The summed E-state index contributed by atoms with van der Waals surface area (Å²) in [6.07, 6.45) is 3.72. The second-order valence-electron chi connectivity index (χ2n) is 8.73. The summed E-state index contributed by atoms with van der Waals surface area (Å²) in [6, 6.07) is 8.51. The van der Waals surface area contributed by atoms with Crippen molar-refractivity contribution in [3.05, 3.63) is 64.3 Å². The number of allylic oxidation sites excluding steroid dienone is 2. The molecule has 1 aromatic carbocycles. The molecule has 138 valence electrons. The number of fused-ring (bicyclic) bond motifs is 3. The second-order valence-corrected chi connectivity index (χ2v) is 8.73. The van der Waals surface area contributed by atoms with Crippen molar-refractivity contribution in [1.82, 2.24) is 9.78 Å². The van der Waals surface area contributed by atoms with E-state index in [2.05, 4.69) is 43.0 Å². The quantitative estimate of drug-likeness (QED) is 0.697. The number of hydrogen-bond acceptors (Lipinski definition) is 2. The van der Waals surface area contributed by atoms with Gasteiger partial charge in [-0.15, -0.1) is 0 Å². The zero-order valence-corrected chi connectivity index (χ0v) is 16.6. The third-order valence-corrected chi connectivity index (χ3v) is 6.60. The normalized spacial score (nSPS) is 26.0. The van der Waals surface area contributed by atoms with Gasteiger partial charge in [0.2, 0.25) is 5.70 Å². The summed E-state index contributed by atoms with van der Waals surface area (Å²) in [5, 5.41) is 4.93. The number of Topliss-reactive ketones (excluding diaryl/α,β-unsaturated/α-hetero) is 1. The van der Waals surface area contributed by atoms with Crippen molar-refractivity contribution < 1.29 is 4.79 Å². The molecule has 1 aromatic heterocycles. The minimum atomic E-state index is -0.553. The van der Waals surface area contributed by atoms with Gasteiger partial charge >= 0.3 is 0 Å². The molecule has 1 heterocycles. The molecule has 0 saturated heterocycles. The number of nitrogens with zero attached hydrogens (tertiary/aromatic N) is 3. The lowest BCUT2D eigenvalue weighted by atomic mass is 9.53. The van der Waals surface area contributed by atoms with Crippen molar-refractivity contribution in [2.75, 3.05) is 0 Å². The summed E-state index contributed by atoms with van der Waals surface area (Å²) in [4.78, 5) is 16.4. The van der Waals surface area contributed by atoms with Crippen molar-refractivity contribution in [3.8, 4) is 11.3 Å². The summed E-state index contributed by atoms with van der Waals surface area (Å²) in [6.45, 7) is 15.7. The van der Waals surface area contributed by atoms with Gasteiger partial charge in [-0.05, 0) is 31.7 Å². The molecule has 0 fully saturated rings. The molecule has 2 aliphatic carbocycles. The minimum Gasteiger partial charge on any atom is -0.307 e. The van der Waals surface area contributed by atoms with Crippen molar-refractivity contribution >= 4 is 5.78 Å². The van der Waals surface area contributed by atoms with Gasteiger partial charge in [0.15, 0.2) is 5.78 Å². The first-order valence-electron chi connectivity index (χ1n) is 9.48. The Kier molecular flexibility index (Phi) is 3.72. The van der Waals surface area contributed by atoms with E-state index in [1.807, 2.05) is 31.7 Å². The molecule has 0 unspecified atom stereocenters. The maximum absolute atomic E-state index is 12.8. The lowest BCUT2D eigenvalue weighted by Gasteiger charge is -2.49. The summed E-state index contributed by atoms with van der Waals surface area (Å²) >= 11 is 0. The Morgan fingerprint density at radius 1 is 1.30 bits per heavy atom. The van der Waals surface area contributed by atoms with E-state index in [4.69, 9.17) is 11.7 Å². The molecule has 4 heteroatoms. The Morgan fingerprint density at radius 2 is 2.04 bits per heavy atom. The fourth-order valence-corrected chi connectivity index (χ4v) is 5.34. The van der Waals surface area contributed by atoms with Crippen LogP contribution in [0.15, 0.2) is 36.0 Å². The van der Waals surface area contributed by atoms with Crippen LogP contribution in [-0.4, -0.2) is 15.6 Å². The molecule has 0 aliphatic heterocycles. The molecule has 0 spiro atoms. The molecule has 0 amide bonds. The number of aromatic nitrogens is 2. The van der Waals surface area contributed by atoms with Crippen LogP contribution >= 0.6 is 0 Å². The SMILES string of the molecule is [C-]#[N+]C1=C[C@]2(C)c3nn(C)c(-c4cccc(C)c4)c3CC[C@H]2C(C)(C)C1=O. The van der Waals surface area contributed by atoms with Gasteiger partial charge in [-0.1, -0.05) is 50.6 Å². The van der Waals surface area contributed by atoms with E-state index in [1.165, 1.54) is 16.7 Å². The van der Waals surface area contributed by atoms with Crippen LogP contribution in [0.5, 0.6) is 0 Å². The van der Waals surface area contributed by atoms with E-state index < -0.39 is 10.8 Å². The molecule has 0 saturated carbocycles. The van der Waals surface area contributed by atoms with Crippen LogP contribution in [-0.2, 0) is 23.7 Å². The van der Waals surface area contributed by atoms with Crippen LogP contribution in [0.2, 0.25) is 0 Å². The summed E-state index contributed by atoms with van der Waals surface area (Å²) in [5.41, 5.74) is 5.14. The minimum absolute atomic E-state index is 0.0294. The lowest BCUT2D eigenvalue weighted by Crippen LogP contribution is -2.50. The molecule has 27 heavy (non-hydrogen) atoms. The maximum Gasteiger partial charge on any atom is 0.226 e. The first-order chi connectivity index (χ1) is 12.7. The van der Waals surface area contributed by atoms with E-state index in [0.29, 0.717) is 0 Å². The van der Waals surface area contributed by atoms with Crippen LogP contribution in [0.4, 0.5) is 0 Å². The van der Waals surface area contributed by atoms with Crippen LogP contribution in [0, 0.1) is 24.8 Å². The Morgan fingerprint density at radius 3 is 2.70 bits per heavy atom. The first-order valence-corrected chi connectivity index (χ1v) is 9.48. The second kappa shape index (κ2) is 5.66. The van der Waals surface area contributed by atoms with Gasteiger partial charge in [0.05, 0.1) is 18.0 Å². The highest BCUT2D eigenvalue weighted by Crippen LogP contribution is 2.55. The van der Waals surface area contributed by atoms with E-state index in [1.54, 1.807) is 0 Å². The Labute approximate surface area is 160 Å². The molecule has 2 aliphatic rings. The fraction of sp³-hybridized carbons (Fsp3) is 0.435.